The molecule has 4 nitrogen and oxygen atoms in total. The maximum atomic E-state index is 9.64. The zero-order valence-corrected chi connectivity index (χ0v) is 12.6. The standard InChI is InChI=1S/C6H8O2.C5H5NOS.Na/c1-2-3-4-5-6(7)8;7-6-4-2-1-3-5(6)8;/h2-5H,1H3,(H,7,8);1-4,7H;/q;;+1/p-1/b3-2+,5-4+;;. The first-order valence-electron chi connectivity index (χ1n) is 4.45. The summed E-state index contributed by atoms with van der Waals surface area (Å²) >= 11 is 4.67. The quantitative estimate of drug-likeness (QED) is 0.227. The molecule has 1 aromatic rings. The van der Waals surface area contributed by atoms with Crippen LogP contribution in [0.4, 0.5) is 0 Å². The molecule has 0 fully saturated rings. The first-order valence-corrected chi connectivity index (χ1v) is 4.86. The van der Waals surface area contributed by atoms with Crippen molar-refractivity contribution >= 4 is 18.2 Å². The van der Waals surface area contributed by atoms with Gasteiger partial charge in [-0.25, -0.2) is 0 Å². The van der Waals surface area contributed by atoms with E-state index < -0.39 is 5.97 Å². The van der Waals surface area contributed by atoms with Crippen LogP contribution in [0.25, 0.3) is 0 Å². The van der Waals surface area contributed by atoms with E-state index in [0.29, 0.717) is 4.64 Å². The summed E-state index contributed by atoms with van der Waals surface area (Å²) in [5.41, 5.74) is 0. The molecule has 0 aliphatic rings. The van der Waals surface area contributed by atoms with Crippen molar-refractivity contribution in [3.8, 4) is 0 Å². The first kappa shape index (κ1) is 18.5. The molecule has 0 spiro atoms. The summed E-state index contributed by atoms with van der Waals surface area (Å²) in [7, 11) is 0. The van der Waals surface area contributed by atoms with E-state index in [2.05, 4.69) is 12.2 Å². The van der Waals surface area contributed by atoms with Crippen molar-refractivity contribution in [3.05, 3.63) is 53.3 Å². The summed E-state index contributed by atoms with van der Waals surface area (Å²) in [5, 5.41) is 18.4. The molecule has 0 saturated carbocycles. The molecule has 0 bridgehead atoms. The minimum atomic E-state index is -1.16. The fourth-order valence-electron chi connectivity index (χ4n) is 0.664. The number of nitrogens with zero attached hydrogens (tertiary/aromatic N) is 1. The fourth-order valence-corrected chi connectivity index (χ4v) is 0.804. The summed E-state index contributed by atoms with van der Waals surface area (Å²) in [6, 6.07) is 5.13. The third-order valence-corrected chi connectivity index (χ3v) is 1.66. The van der Waals surface area contributed by atoms with Crippen molar-refractivity contribution in [3.63, 3.8) is 0 Å². The van der Waals surface area contributed by atoms with Gasteiger partial charge in [0.05, 0.1) is 5.97 Å². The van der Waals surface area contributed by atoms with E-state index in [0.717, 1.165) is 10.8 Å². The van der Waals surface area contributed by atoms with Gasteiger partial charge in [0.2, 0.25) is 0 Å². The number of allylic oxidation sites excluding steroid dienone is 3. The van der Waals surface area contributed by atoms with Crippen LogP contribution in [0.2, 0.25) is 0 Å². The van der Waals surface area contributed by atoms with Crippen LogP contribution in [-0.4, -0.2) is 15.9 Å². The van der Waals surface area contributed by atoms with E-state index in [1.54, 1.807) is 37.3 Å². The van der Waals surface area contributed by atoms with Gasteiger partial charge in [-0.2, -0.15) is 4.73 Å². The van der Waals surface area contributed by atoms with Crippen molar-refractivity contribution in [2.45, 2.75) is 6.92 Å². The van der Waals surface area contributed by atoms with Crippen molar-refractivity contribution in [2.75, 3.05) is 0 Å². The Balaban J connectivity index is 0. The van der Waals surface area contributed by atoms with Crippen LogP contribution in [0, 0.1) is 4.64 Å². The molecule has 1 heterocycles. The van der Waals surface area contributed by atoms with Crippen LogP contribution >= 0.6 is 12.2 Å². The maximum absolute atomic E-state index is 9.64. The number of hydrogen-bond donors (Lipinski definition) is 1. The summed E-state index contributed by atoms with van der Waals surface area (Å²) < 4.78 is 1.32. The zero-order chi connectivity index (χ0) is 12.4. The number of aliphatic carboxylic acids is 1. The van der Waals surface area contributed by atoms with Gasteiger partial charge in [-0.3, -0.25) is 0 Å². The molecule has 0 atom stereocenters. The SMILES string of the molecule is C/C=C/C=C/C(=O)[O-].On1ccccc1=S.[Na+]. The molecule has 1 rings (SSSR count). The molecule has 6 heteroatoms. The third-order valence-electron chi connectivity index (χ3n) is 1.34. The van der Waals surface area contributed by atoms with Crippen molar-refractivity contribution in [2.24, 2.45) is 0 Å². The predicted octanol–water partition coefficient (Wildman–Crippen LogP) is -1.67. The van der Waals surface area contributed by atoms with Gasteiger partial charge in [-0.1, -0.05) is 36.5 Å². The number of carboxylic acids is 1. The number of rotatable bonds is 2. The van der Waals surface area contributed by atoms with Crippen LogP contribution in [0.1, 0.15) is 6.92 Å². The van der Waals surface area contributed by atoms with Gasteiger partial charge in [-0.15, -0.1) is 0 Å². The Morgan fingerprint density at radius 1 is 1.47 bits per heavy atom. The second-order valence-electron chi connectivity index (χ2n) is 2.59. The van der Waals surface area contributed by atoms with Crippen LogP contribution in [0.5, 0.6) is 0 Å². The zero-order valence-electron chi connectivity index (χ0n) is 9.74. The normalized spacial score (nSPS) is 9.47. The van der Waals surface area contributed by atoms with Crippen LogP contribution in [0.15, 0.2) is 48.7 Å². The molecule has 0 radical (unpaired) electrons. The van der Waals surface area contributed by atoms with Gasteiger partial charge in [0.15, 0.2) is 0 Å². The smallest absolute Gasteiger partial charge is 0.545 e. The summed E-state index contributed by atoms with van der Waals surface area (Å²) in [4.78, 5) is 9.64. The molecule has 0 aromatic carbocycles. The molecule has 0 amide bonds. The van der Waals surface area contributed by atoms with E-state index in [9.17, 15) is 9.90 Å². The van der Waals surface area contributed by atoms with Gasteiger partial charge in [0.25, 0.3) is 0 Å². The minimum absolute atomic E-state index is 0. The first-order chi connectivity index (χ1) is 7.57. The van der Waals surface area contributed by atoms with Crippen LogP contribution in [-0.2, 0) is 4.79 Å². The van der Waals surface area contributed by atoms with E-state index in [1.807, 2.05) is 0 Å². The summed E-state index contributed by atoms with van der Waals surface area (Å²) in [6.07, 6.45) is 7.23. The van der Waals surface area contributed by atoms with Gasteiger partial charge < -0.3 is 15.1 Å². The third kappa shape index (κ3) is 11.4. The summed E-state index contributed by atoms with van der Waals surface area (Å²) in [6.45, 7) is 1.81. The van der Waals surface area contributed by atoms with Crippen LogP contribution in [0.3, 0.4) is 0 Å². The number of hydrogen-bond acceptors (Lipinski definition) is 4. The monoisotopic (exact) mass is 261 g/mol. The molecule has 1 aromatic heterocycles. The predicted molar refractivity (Wildman–Crippen MR) is 61.4 cm³/mol. The fraction of sp³-hybridized carbons (Fsp3) is 0.0909. The molecule has 0 saturated heterocycles. The molecular formula is C11H12NNaO3S. The maximum Gasteiger partial charge on any atom is 1.00 e. The average Bonchev–Trinajstić information content (AvgIpc) is 2.23. The average molecular weight is 261 g/mol. The van der Waals surface area contributed by atoms with Crippen molar-refractivity contribution in [1.82, 2.24) is 4.73 Å². The Morgan fingerprint density at radius 2 is 2.12 bits per heavy atom. The van der Waals surface area contributed by atoms with Gasteiger partial charge >= 0.3 is 29.6 Å². The molecule has 86 valence electrons. The Labute approximate surface area is 127 Å². The Kier molecular flexibility index (Phi) is 12.6. The molecule has 1 N–H and O–H groups in total. The Morgan fingerprint density at radius 3 is 2.47 bits per heavy atom. The second-order valence-corrected chi connectivity index (χ2v) is 3.01. The van der Waals surface area contributed by atoms with E-state index in [-0.39, 0.29) is 29.6 Å². The number of carboxylic acid groups (broad SMARTS) is 1. The van der Waals surface area contributed by atoms with Gasteiger partial charge in [0.1, 0.15) is 4.64 Å². The molecule has 0 unspecified atom stereocenters. The van der Waals surface area contributed by atoms with Crippen LogP contribution < -0.4 is 34.7 Å². The van der Waals surface area contributed by atoms with Crippen molar-refractivity contribution in [1.29, 1.82) is 0 Å². The van der Waals surface area contributed by atoms with E-state index in [4.69, 9.17) is 5.21 Å². The molecule has 0 aliphatic heterocycles. The van der Waals surface area contributed by atoms with Gasteiger partial charge in [0, 0.05) is 6.20 Å². The Bertz CT molecular complexity index is 440. The van der Waals surface area contributed by atoms with Crippen molar-refractivity contribution < 1.29 is 44.7 Å². The number of carbonyl (C=O) groups is 1. The second kappa shape index (κ2) is 11.6. The van der Waals surface area contributed by atoms with Gasteiger partial charge in [-0.05, 0) is 25.1 Å². The summed E-state index contributed by atoms with van der Waals surface area (Å²) in [5.74, 6) is -1.16. The minimum Gasteiger partial charge on any atom is -0.545 e. The largest absolute Gasteiger partial charge is 1.00 e. The molecule has 0 aliphatic carbocycles. The number of pyridine rings is 1. The van der Waals surface area contributed by atoms with E-state index in [1.165, 1.54) is 12.3 Å². The number of carbonyl (C=O) groups excluding carboxylic acids is 1. The number of aromatic nitrogens is 1. The van der Waals surface area contributed by atoms with E-state index >= 15 is 0 Å². The Hall–Kier alpha value is -0.880. The molecular weight excluding hydrogens is 249 g/mol. The topological polar surface area (TPSA) is 65.3 Å². The molecule has 17 heavy (non-hydrogen) atoms.